The highest BCUT2D eigenvalue weighted by Gasteiger charge is 2.45. The lowest BCUT2D eigenvalue weighted by atomic mass is 10.2. The Morgan fingerprint density at radius 3 is 1.71 bits per heavy atom. The first-order valence-electron chi connectivity index (χ1n) is 5.28. The number of amidine groups is 1. The summed E-state index contributed by atoms with van der Waals surface area (Å²) in [5.41, 5.74) is -12.9. The van der Waals surface area contributed by atoms with Gasteiger partial charge in [0.05, 0.1) is 0 Å². The smallest absolute Gasteiger partial charge is 0.349 e. The van der Waals surface area contributed by atoms with Gasteiger partial charge in [0.2, 0.25) is 0 Å². The molecule has 1 aromatic rings. The van der Waals surface area contributed by atoms with E-state index in [1.807, 2.05) is 9.12 Å². The minimum absolute atomic E-state index is 0.495. The van der Waals surface area contributed by atoms with E-state index in [1.54, 1.807) is 0 Å². The van der Waals surface area contributed by atoms with E-state index in [0.29, 0.717) is 24.3 Å². The van der Waals surface area contributed by atoms with Gasteiger partial charge in [0.1, 0.15) is 5.82 Å². The van der Waals surface area contributed by atoms with Gasteiger partial charge in [-0.15, -0.1) is 0 Å². The molecule has 0 amide bonds. The van der Waals surface area contributed by atoms with E-state index >= 15 is 0 Å². The van der Waals surface area contributed by atoms with Gasteiger partial charge in [-0.05, 0) is 23.5 Å². The molecule has 0 aliphatic rings. The Morgan fingerprint density at radius 1 is 0.875 bits per heavy atom. The van der Waals surface area contributed by atoms with Gasteiger partial charge in [-0.2, -0.15) is 26.3 Å². The van der Waals surface area contributed by atoms with Crippen molar-refractivity contribution in [2.75, 3.05) is 0 Å². The molecule has 0 heterocycles. The second-order valence-corrected chi connectivity index (χ2v) is 7.05. The molecule has 0 bridgehead atoms. The third-order valence-electron chi connectivity index (χ3n) is 2.10. The molecule has 6 nitrogen and oxygen atoms in total. The molecule has 136 valence electrons. The van der Waals surface area contributed by atoms with Crippen molar-refractivity contribution in [1.29, 1.82) is 0 Å². The van der Waals surface area contributed by atoms with E-state index in [-0.39, 0.29) is 0 Å². The minimum atomic E-state index is -6.40. The molecule has 1 aromatic carbocycles. The first-order valence-corrected chi connectivity index (χ1v) is 8.16. The zero-order valence-corrected chi connectivity index (χ0v) is 12.4. The highest BCUT2D eigenvalue weighted by Crippen LogP contribution is 2.31. The van der Waals surface area contributed by atoms with Crippen molar-refractivity contribution >= 4 is 25.9 Å². The Morgan fingerprint density at radius 2 is 1.33 bits per heavy atom. The molecule has 0 atom stereocenters. The molecule has 0 saturated carbocycles. The molecule has 1 rings (SSSR count). The van der Waals surface area contributed by atoms with Gasteiger partial charge in [0.25, 0.3) is 20.0 Å². The molecule has 0 aliphatic carbocycles. The fourth-order valence-electron chi connectivity index (χ4n) is 1.05. The summed E-state index contributed by atoms with van der Waals surface area (Å²) in [5.74, 6) is -2.92. The second-order valence-electron chi connectivity index (χ2n) is 3.85. The lowest BCUT2D eigenvalue weighted by molar-refractivity contribution is -0.0436. The van der Waals surface area contributed by atoms with Gasteiger partial charge in [-0.1, -0.05) is 12.1 Å². The summed E-state index contributed by atoms with van der Waals surface area (Å²) in [6.07, 6.45) is 0. The molecule has 0 N–H and O–H groups in total. The van der Waals surface area contributed by atoms with Crippen LogP contribution >= 0.6 is 0 Å². The Bertz CT molecular complexity index is 839. The molecule has 0 fully saturated rings. The van der Waals surface area contributed by atoms with Crippen molar-refractivity contribution < 1.29 is 47.6 Å². The van der Waals surface area contributed by atoms with Crippen LogP contribution in [0.1, 0.15) is 5.56 Å². The Hall–Kier alpha value is -1.90. The quantitative estimate of drug-likeness (QED) is 0.442. The Balaban J connectivity index is 3.53. The maximum Gasteiger partial charge on any atom is 0.499 e. The summed E-state index contributed by atoms with van der Waals surface area (Å²) >= 11 is 0. The monoisotopic (exact) mass is 401 g/mol. The third kappa shape index (κ3) is 4.56. The normalized spacial score (nSPS) is 14.5. The molecule has 0 spiro atoms. The van der Waals surface area contributed by atoms with Crippen LogP contribution in [0.25, 0.3) is 4.72 Å². The summed E-state index contributed by atoms with van der Waals surface area (Å²) in [4.78, 5) is 0. The molecule has 0 radical (unpaired) electrons. The van der Waals surface area contributed by atoms with Crippen molar-refractivity contribution in [2.24, 2.45) is 4.40 Å². The summed E-state index contributed by atoms with van der Waals surface area (Å²) < 4.78 is 134. The number of nitrogens with zero attached hydrogens (tertiary/aromatic N) is 2. The van der Waals surface area contributed by atoms with Gasteiger partial charge in [-0.25, -0.2) is 21.2 Å². The number of rotatable bonds is 3. The van der Waals surface area contributed by atoms with E-state index < -0.39 is 48.3 Å². The third-order valence-corrected chi connectivity index (χ3v) is 4.10. The summed E-state index contributed by atoms with van der Waals surface area (Å²) in [6.45, 7) is 0. The van der Waals surface area contributed by atoms with Crippen LogP contribution in [0.15, 0.2) is 28.7 Å². The van der Waals surface area contributed by atoms with E-state index in [2.05, 4.69) is 0 Å². The highest BCUT2D eigenvalue weighted by atomic mass is 32.2. The van der Waals surface area contributed by atoms with Crippen molar-refractivity contribution in [1.82, 2.24) is 0 Å². The molecule has 0 aliphatic heterocycles. The molecule has 0 unspecified atom stereocenters. The molecule has 0 aromatic heterocycles. The van der Waals surface area contributed by atoms with Crippen molar-refractivity contribution in [3.63, 3.8) is 0 Å². The van der Waals surface area contributed by atoms with Gasteiger partial charge in [0, 0.05) is 0 Å². The summed E-state index contributed by atoms with van der Waals surface area (Å²) in [7, 11) is -12.8. The zero-order chi connectivity index (χ0) is 19.0. The number of hydrogen-bond acceptors (Lipinski definition) is 4. The van der Waals surface area contributed by atoms with Gasteiger partial charge in [-0.3, -0.25) is 0 Å². The Kier molecular flexibility index (Phi) is 5.20. The Labute approximate surface area is 130 Å². The largest absolute Gasteiger partial charge is 0.499 e. The van der Waals surface area contributed by atoms with Crippen LogP contribution in [-0.4, -0.2) is 33.7 Å². The standard InChI is InChI=1S/C9H4F7N2O4S2/c10-6-3-1-5(2-4-6)7(17-23(19,20)8(11,12)13)18-24(21,22)9(14,15)16/h1-4H/q-1. The fraction of sp³-hybridized carbons (Fsp3) is 0.222. The minimum Gasteiger partial charge on any atom is -0.349 e. The van der Waals surface area contributed by atoms with Crippen LogP contribution in [0, 0.1) is 5.82 Å². The number of sulfonamides is 2. The van der Waals surface area contributed by atoms with Crippen molar-refractivity contribution in [3.8, 4) is 0 Å². The number of halogens is 7. The average Bonchev–Trinajstić information content (AvgIpc) is 2.35. The first kappa shape index (κ1) is 20.1. The van der Waals surface area contributed by atoms with Crippen LogP contribution in [-0.2, 0) is 20.0 Å². The topological polar surface area (TPSA) is 94.7 Å². The van der Waals surface area contributed by atoms with Crippen LogP contribution in [0.3, 0.4) is 0 Å². The van der Waals surface area contributed by atoms with E-state index in [9.17, 15) is 47.6 Å². The number of alkyl halides is 6. The van der Waals surface area contributed by atoms with Crippen molar-refractivity contribution in [2.45, 2.75) is 11.0 Å². The van der Waals surface area contributed by atoms with Crippen molar-refractivity contribution in [3.05, 3.63) is 40.4 Å². The van der Waals surface area contributed by atoms with E-state index in [1.165, 1.54) is 0 Å². The first-order chi connectivity index (χ1) is 10.6. The van der Waals surface area contributed by atoms with Crippen LogP contribution in [0.2, 0.25) is 0 Å². The predicted molar refractivity (Wildman–Crippen MR) is 66.2 cm³/mol. The van der Waals surface area contributed by atoms with Gasteiger partial charge in [0.15, 0.2) is 0 Å². The lowest BCUT2D eigenvalue weighted by Gasteiger charge is -2.21. The second kappa shape index (κ2) is 6.19. The molecular formula is C9H4F7N2O4S2-. The number of benzene rings is 1. The molecule has 24 heavy (non-hydrogen) atoms. The maximum absolute atomic E-state index is 12.7. The molecular weight excluding hydrogens is 397 g/mol. The fourth-order valence-corrected chi connectivity index (χ4v) is 2.06. The average molecular weight is 401 g/mol. The van der Waals surface area contributed by atoms with Crippen LogP contribution in [0.4, 0.5) is 30.7 Å². The number of hydrogen-bond donors (Lipinski definition) is 0. The SMILES string of the molecule is O=S(=O)(/N=C(\[N-]S(=O)(=O)C(F)(F)F)c1ccc(F)cc1)C(F)(F)F. The zero-order valence-electron chi connectivity index (χ0n) is 10.8. The van der Waals surface area contributed by atoms with Crippen LogP contribution < -0.4 is 0 Å². The lowest BCUT2D eigenvalue weighted by Crippen LogP contribution is -2.26. The van der Waals surface area contributed by atoms with Crippen LogP contribution in [0.5, 0.6) is 0 Å². The predicted octanol–water partition coefficient (Wildman–Crippen LogP) is 2.65. The molecule has 15 heteroatoms. The summed E-state index contributed by atoms with van der Waals surface area (Å²) in [6, 6.07) is 2.02. The van der Waals surface area contributed by atoms with E-state index in [4.69, 9.17) is 0 Å². The van der Waals surface area contributed by atoms with Gasteiger partial charge < -0.3 is 9.12 Å². The molecule has 0 saturated heterocycles. The van der Waals surface area contributed by atoms with E-state index in [0.717, 1.165) is 0 Å². The maximum atomic E-state index is 12.7. The summed E-state index contributed by atoms with van der Waals surface area (Å²) in [5, 5.41) is 0. The highest BCUT2D eigenvalue weighted by molar-refractivity contribution is 7.96. The van der Waals surface area contributed by atoms with Gasteiger partial charge >= 0.3 is 11.0 Å².